The van der Waals surface area contributed by atoms with Crippen LogP contribution in [0.2, 0.25) is 5.02 Å². The van der Waals surface area contributed by atoms with Gasteiger partial charge in [-0.2, -0.15) is 0 Å². The van der Waals surface area contributed by atoms with Gasteiger partial charge in [0.25, 0.3) is 0 Å². The van der Waals surface area contributed by atoms with Crippen molar-refractivity contribution in [3.05, 3.63) is 34.9 Å². The first-order chi connectivity index (χ1) is 8.53. The summed E-state index contributed by atoms with van der Waals surface area (Å²) in [4.78, 5) is 11.5. The fourth-order valence-electron chi connectivity index (χ4n) is 2.38. The summed E-state index contributed by atoms with van der Waals surface area (Å²) in [6, 6.07) is 6.64. The fraction of sp³-hybridized carbons (Fsp3) is 0.462. The molecule has 0 radical (unpaired) electrons. The molecule has 1 heterocycles. The van der Waals surface area contributed by atoms with Gasteiger partial charge >= 0.3 is 5.97 Å². The molecule has 98 valence electrons. The zero-order valence-corrected chi connectivity index (χ0v) is 10.6. The highest BCUT2D eigenvalue weighted by molar-refractivity contribution is 6.30. The van der Waals surface area contributed by atoms with Gasteiger partial charge < -0.3 is 14.9 Å². The monoisotopic (exact) mass is 270 g/mol. The van der Waals surface area contributed by atoms with Gasteiger partial charge in [0.1, 0.15) is 5.92 Å². The molecule has 1 fully saturated rings. The van der Waals surface area contributed by atoms with E-state index < -0.39 is 17.5 Å². The third-order valence-corrected chi connectivity index (χ3v) is 3.56. The van der Waals surface area contributed by atoms with E-state index in [0.717, 1.165) is 0 Å². The molecule has 1 atom stereocenters. The molecule has 0 aromatic heterocycles. The summed E-state index contributed by atoms with van der Waals surface area (Å²) in [5.41, 5.74) is -0.742. The number of aliphatic hydroxyl groups is 1. The van der Waals surface area contributed by atoms with Crippen LogP contribution in [0.1, 0.15) is 24.3 Å². The molecule has 0 aliphatic carbocycles. The van der Waals surface area contributed by atoms with Crippen LogP contribution in [0.5, 0.6) is 0 Å². The average molecular weight is 271 g/mol. The van der Waals surface area contributed by atoms with Gasteiger partial charge in [-0.25, -0.2) is 0 Å². The number of rotatable bonds is 3. The second-order valence-corrected chi connectivity index (χ2v) is 4.98. The van der Waals surface area contributed by atoms with Gasteiger partial charge in [0, 0.05) is 31.1 Å². The first-order valence-corrected chi connectivity index (χ1v) is 6.19. The summed E-state index contributed by atoms with van der Waals surface area (Å²) in [7, 11) is 0. The molecule has 0 saturated carbocycles. The highest BCUT2D eigenvalue weighted by Gasteiger charge is 2.43. The molecule has 0 amide bonds. The number of benzene rings is 1. The lowest BCUT2D eigenvalue weighted by Crippen LogP contribution is -2.45. The van der Waals surface area contributed by atoms with Crippen molar-refractivity contribution in [1.29, 1.82) is 0 Å². The molecule has 0 spiro atoms. The molecule has 1 aliphatic rings. The Labute approximate surface area is 110 Å². The third-order valence-electron chi connectivity index (χ3n) is 3.32. The minimum absolute atomic E-state index is 0.316. The molecule has 0 unspecified atom stereocenters. The standard InChI is InChI=1S/C13H15ClO4/c14-10-3-1-2-9(8-10)11(12(15)16)13(17)4-6-18-7-5-13/h1-3,8,11,17H,4-7H2,(H,15,16)/t11-/m0/s1. The number of hydrogen-bond donors (Lipinski definition) is 2. The molecule has 1 saturated heterocycles. The molecular weight excluding hydrogens is 256 g/mol. The first-order valence-electron chi connectivity index (χ1n) is 5.81. The van der Waals surface area contributed by atoms with Crippen molar-refractivity contribution in [3.8, 4) is 0 Å². The molecule has 4 nitrogen and oxygen atoms in total. The molecule has 2 N–H and O–H groups in total. The van der Waals surface area contributed by atoms with E-state index in [2.05, 4.69) is 0 Å². The molecule has 18 heavy (non-hydrogen) atoms. The Morgan fingerprint density at radius 3 is 2.61 bits per heavy atom. The molecule has 1 aliphatic heterocycles. The highest BCUT2D eigenvalue weighted by atomic mass is 35.5. The van der Waals surface area contributed by atoms with E-state index in [0.29, 0.717) is 36.6 Å². The van der Waals surface area contributed by atoms with Gasteiger partial charge in [-0.05, 0) is 17.7 Å². The van der Waals surface area contributed by atoms with E-state index in [1.54, 1.807) is 24.3 Å². The topological polar surface area (TPSA) is 66.8 Å². The van der Waals surface area contributed by atoms with Gasteiger partial charge in [0.2, 0.25) is 0 Å². The quantitative estimate of drug-likeness (QED) is 0.882. The van der Waals surface area contributed by atoms with Crippen molar-refractivity contribution in [2.24, 2.45) is 0 Å². The largest absolute Gasteiger partial charge is 0.481 e. The summed E-state index contributed by atoms with van der Waals surface area (Å²) >= 11 is 5.88. The van der Waals surface area contributed by atoms with E-state index in [1.165, 1.54) is 0 Å². The molecule has 1 aromatic rings. The van der Waals surface area contributed by atoms with E-state index in [-0.39, 0.29) is 0 Å². The van der Waals surface area contributed by atoms with Crippen LogP contribution in [-0.4, -0.2) is 35.0 Å². The van der Waals surface area contributed by atoms with E-state index in [9.17, 15) is 15.0 Å². The summed E-state index contributed by atoms with van der Waals surface area (Å²) in [5, 5.41) is 20.4. The smallest absolute Gasteiger partial charge is 0.313 e. The zero-order valence-electron chi connectivity index (χ0n) is 9.80. The SMILES string of the molecule is O=C(O)[C@H](c1cccc(Cl)c1)C1(O)CCOCC1. The predicted octanol–water partition coefficient (Wildman–Crippen LogP) is 2.05. The van der Waals surface area contributed by atoms with Crippen molar-refractivity contribution in [2.75, 3.05) is 13.2 Å². The highest BCUT2D eigenvalue weighted by Crippen LogP contribution is 2.37. The maximum atomic E-state index is 11.5. The van der Waals surface area contributed by atoms with Crippen LogP contribution in [-0.2, 0) is 9.53 Å². The van der Waals surface area contributed by atoms with Gasteiger partial charge in [-0.1, -0.05) is 23.7 Å². The Bertz CT molecular complexity index is 440. The minimum Gasteiger partial charge on any atom is -0.481 e. The van der Waals surface area contributed by atoms with Crippen LogP contribution in [0.15, 0.2) is 24.3 Å². The van der Waals surface area contributed by atoms with Gasteiger partial charge in [-0.3, -0.25) is 4.79 Å². The van der Waals surface area contributed by atoms with Crippen LogP contribution in [0, 0.1) is 0 Å². The average Bonchev–Trinajstić information content (AvgIpc) is 2.29. The molecule has 0 bridgehead atoms. The number of aliphatic carboxylic acids is 1. The number of carboxylic acids is 1. The van der Waals surface area contributed by atoms with Crippen molar-refractivity contribution < 1.29 is 19.7 Å². The Morgan fingerprint density at radius 2 is 2.06 bits per heavy atom. The number of hydrogen-bond acceptors (Lipinski definition) is 3. The second-order valence-electron chi connectivity index (χ2n) is 4.54. The maximum absolute atomic E-state index is 11.5. The fourth-order valence-corrected chi connectivity index (χ4v) is 2.58. The second kappa shape index (κ2) is 5.26. The third kappa shape index (κ3) is 2.66. The Kier molecular flexibility index (Phi) is 3.90. The molecule has 5 heteroatoms. The molecular formula is C13H15ClO4. The van der Waals surface area contributed by atoms with E-state index in [1.807, 2.05) is 0 Å². The van der Waals surface area contributed by atoms with Crippen LogP contribution in [0.3, 0.4) is 0 Å². The lowest BCUT2D eigenvalue weighted by atomic mass is 9.77. The summed E-state index contributed by atoms with van der Waals surface area (Å²) < 4.78 is 5.18. The van der Waals surface area contributed by atoms with Crippen molar-refractivity contribution in [2.45, 2.75) is 24.4 Å². The first kappa shape index (κ1) is 13.3. The van der Waals surface area contributed by atoms with Crippen LogP contribution < -0.4 is 0 Å². The number of carboxylic acid groups (broad SMARTS) is 1. The van der Waals surface area contributed by atoms with Crippen LogP contribution >= 0.6 is 11.6 Å². The molecule has 1 aromatic carbocycles. The number of halogens is 1. The Morgan fingerprint density at radius 1 is 1.39 bits per heavy atom. The van der Waals surface area contributed by atoms with Crippen molar-refractivity contribution in [1.82, 2.24) is 0 Å². The minimum atomic E-state index is -1.27. The zero-order chi connectivity index (χ0) is 13.2. The van der Waals surface area contributed by atoms with Crippen LogP contribution in [0.25, 0.3) is 0 Å². The lowest BCUT2D eigenvalue weighted by Gasteiger charge is -2.37. The van der Waals surface area contributed by atoms with Gasteiger partial charge in [0.15, 0.2) is 0 Å². The van der Waals surface area contributed by atoms with Crippen LogP contribution in [0.4, 0.5) is 0 Å². The maximum Gasteiger partial charge on any atom is 0.313 e. The normalized spacial score (nSPS) is 20.3. The molecule has 2 rings (SSSR count). The number of ether oxygens (including phenoxy) is 1. The Hall–Kier alpha value is -1.10. The summed E-state index contributed by atoms with van der Waals surface area (Å²) in [6.45, 7) is 0.752. The Balaban J connectivity index is 2.36. The van der Waals surface area contributed by atoms with Crippen molar-refractivity contribution in [3.63, 3.8) is 0 Å². The van der Waals surface area contributed by atoms with Gasteiger partial charge in [0.05, 0.1) is 5.60 Å². The lowest BCUT2D eigenvalue weighted by molar-refractivity contribution is -0.151. The van der Waals surface area contributed by atoms with E-state index >= 15 is 0 Å². The van der Waals surface area contributed by atoms with Gasteiger partial charge in [-0.15, -0.1) is 0 Å². The predicted molar refractivity (Wildman–Crippen MR) is 66.8 cm³/mol. The van der Waals surface area contributed by atoms with E-state index in [4.69, 9.17) is 16.3 Å². The summed E-state index contributed by atoms with van der Waals surface area (Å²) in [6.07, 6.45) is 0.632. The number of carbonyl (C=O) groups is 1. The van der Waals surface area contributed by atoms with Crippen molar-refractivity contribution >= 4 is 17.6 Å². The summed E-state index contributed by atoms with van der Waals surface area (Å²) in [5.74, 6) is -2.01.